The average molecular weight is 342 g/mol. The quantitative estimate of drug-likeness (QED) is 0.819. The van der Waals surface area contributed by atoms with Crippen molar-refractivity contribution in [2.75, 3.05) is 26.2 Å². The zero-order valence-electron chi connectivity index (χ0n) is 14.2. The van der Waals surface area contributed by atoms with E-state index in [2.05, 4.69) is 5.32 Å². The summed E-state index contributed by atoms with van der Waals surface area (Å²) < 4.78 is 5.78. The van der Waals surface area contributed by atoms with Crippen molar-refractivity contribution in [2.45, 2.75) is 13.3 Å². The maximum Gasteiger partial charge on any atom is 0.317 e. The first kappa shape index (κ1) is 17.1. The zero-order valence-corrected chi connectivity index (χ0v) is 14.2. The van der Waals surface area contributed by atoms with Gasteiger partial charge in [-0.25, -0.2) is 4.79 Å². The van der Waals surface area contributed by atoms with Crippen LogP contribution in [0.2, 0.25) is 0 Å². The molecule has 0 bridgehead atoms. The molecule has 132 valence electrons. The van der Waals surface area contributed by atoms with E-state index in [-0.39, 0.29) is 12.6 Å². The smallest absolute Gasteiger partial charge is 0.317 e. The molecule has 2 amide bonds. The molecule has 1 fully saturated rings. The van der Waals surface area contributed by atoms with Crippen LogP contribution in [0.25, 0.3) is 10.8 Å². The van der Waals surface area contributed by atoms with E-state index < -0.39 is 11.4 Å². The van der Waals surface area contributed by atoms with Crippen LogP contribution in [0.1, 0.15) is 13.3 Å². The molecule has 25 heavy (non-hydrogen) atoms. The largest absolute Gasteiger partial charge is 0.491 e. The second-order valence-electron chi connectivity index (χ2n) is 6.60. The van der Waals surface area contributed by atoms with Crippen molar-refractivity contribution in [2.24, 2.45) is 5.41 Å². The van der Waals surface area contributed by atoms with Gasteiger partial charge in [-0.1, -0.05) is 36.4 Å². The highest BCUT2D eigenvalue weighted by Gasteiger charge is 2.42. The van der Waals surface area contributed by atoms with Crippen molar-refractivity contribution in [3.63, 3.8) is 0 Å². The molecule has 1 aliphatic heterocycles. The van der Waals surface area contributed by atoms with Crippen LogP contribution >= 0.6 is 0 Å². The summed E-state index contributed by atoms with van der Waals surface area (Å²) in [4.78, 5) is 24.9. The lowest BCUT2D eigenvalue weighted by Crippen LogP contribution is -2.42. The second kappa shape index (κ2) is 7.01. The molecular weight excluding hydrogens is 320 g/mol. The molecule has 2 aromatic carbocycles. The minimum atomic E-state index is -0.859. The van der Waals surface area contributed by atoms with E-state index in [1.807, 2.05) is 42.5 Å². The Morgan fingerprint density at radius 1 is 1.24 bits per heavy atom. The molecule has 0 radical (unpaired) electrons. The predicted octanol–water partition coefficient (Wildman–Crippen LogP) is 2.72. The maximum absolute atomic E-state index is 12.1. The van der Waals surface area contributed by atoms with Gasteiger partial charge in [0, 0.05) is 18.5 Å². The molecule has 0 spiro atoms. The molecule has 0 aliphatic carbocycles. The number of hydrogen-bond acceptors (Lipinski definition) is 3. The van der Waals surface area contributed by atoms with E-state index in [1.54, 1.807) is 11.8 Å². The van der Waals surface area contributed by atoms with Crippen LogP contribution in [-0.2, 0) is 4.79 Å². The number of ether oxygens (including phenoxy) is 1. The van der Waals surface area contributed by atoms with E-state index >= 15 is 0 Å². The number of carboxylic acid groups (broad SMARTS) is 1. The minimum absolute atomic E-state index is 0.234. The highest BCUT2D eigenvalue weighted by atomic mass is 16.5. The number of rotatable bonds is 5. The Labute approximate surface area is 146 Å². The van der Waals surface area contributed by atoms with Crippen molar-refractivity contribution in [1.29, 1.82) is 0 Å². The molecular formula is C19H22N2O4. The number of nitrogens with one attached hydrogen (secondary N) is 1. The Kier molecular flexibility index (Phi) is 4.79. The highest BCUT2D eigenvalue weighted by Crippen LogP contribution is 2.30. The fourth-order valence-corrected chi connectivity index (χ4v) is 3.06. The van der Waals surface area contributed by atoms with Gasteiger partial charge in [-0.15, -0.1) is 0 Å². The summed E-state index contributed by atoms with van der Waals surface area (Å²) in [5.74, 6) is -0.0749. The molecule has 1 saturated heterocycles. The van der Waals surface area contributed by atoms with Gasteiger partial charge in [-0.2, -0.15) is 0 Å². The first-order valence-corrected chi connectivity index (χ1v) is 8.36. The summed E-state index contributed by atoms with van der Waals surface area (Å²) in [5, 5.41) is 14.1. The average Bonchev–Trinajstić information content (AvgIpc) is 3.02. The molecule has 0 saturated carbocycles. The van der Waals surface area contributed by atoms with Gasteiger partial charge >= 0.3 is 12.0 Å². The first-order chi connectivity index (χ1) is 12.0. The molecule has 2 N–H and O–H groups in total. The van der Waals surface area contributed by atoms with Crippen molar-refractivity contribution >= 4 is 22.8 Å². The van der Waals surface area contributed by atoms with Crippen LogP contribution in [0.4, 0.5) is 4.79 Å². The number of carbonyl (C=O) groups is 2. The maximum atomic E-state index is 12.1. The SMILES string of the molecule is CC1(C(=O)O)CCN(C(=O)NCCOc2cccc3ccccc23)C1. The van der Waals surface area contributed by atoms with Crippen LogP contribution < -0.4 is 10.1 Å². The van der Waals surface area contributed by atoms with E-state index in [9.17, 15) is 14.7 Å². The lowest BCUT2D eigenvalue weighted by atomic mass is 9.90. The minimum Gasteiger partial charge on any atom is -0.491 e. The number of nitrogens with zero attached hydrogens (tertiary/aromatic N) is 1. The number of carbonyl (C=O) groups excluding carboxylic acids is 1. The van der Waals surface area contributed by atoms with Crippen LogP contribution in [0.3, 0.4) is 0 Å². The summed E-state index contributed by atoms with van der Waals surface area (Å²) in [6.07, 6.45) is 0.474. The van der Waals surface area contributed by atoms with Gasteiger partial charge in [0.2, 0.25) is 0 Å². The Morgan fingerprint density at radius 2 is 2.00 bits per heavy atom. The zero-order chi connectivity index (χ0) is 17.9. The Bertz CT molecular complexity index is 787. The number of benzene rings is 2. The van der Waals surface area contributed by atoms with Gasteiger partial charge < -0.3 is 20.1 Å². The topological polar surface area (TPSA) is 78.9 Å². The molecule has 1 unspecified atom stereocenters. The summed E-state index contributed by atoms with van der Waals surface area (Å²) in [6.45, 7) is 3.08. The normalized spacial score (nSPS) is 19.8. The molecule has 6 heteroatoms. The number of amides is 2. The van der Waals surface area contributed by atoms with Gasteiger partial charge in [-0.05, 0) is 24.8 Å². The number of aliphatic carboxylic acids is 1. The monoisotopic (exact) mass is 342 g/mol. The number of urea groups is 1. The van der Waals surface area contributed by atoms with E-state index in [4.69, 9.17) is 4.74 Å². The second-order valence-corrected chi connectivity index (χ2v) is 6.60. The lowest BCUT2D eigenvalue weighted by molar-refractivity contribution is -0.147. The lowest BCUT2D eigenvalue weighted by Gasteiger charge is -2.20. The Morgan fingerprint density at radius 3 is 2.76 bits per heavy atom. The number of likely N-dealkylation sites (tertiary alicyclic amines) is 1. The fourth-order valence-electron chi connectivity index (χ4n) is 3.06. The molecule has 1 aliphatic rings. The summed E-state index contributed by atoms with van der Waals surface area (Å²) in [5.41, 5.74) is -0.850. The number of carboxylic acids is 1. The third-order valence-electron chi connectivity index (χ3n) is 4.66. The first-order valence-electron chi connectivity index (χ1n) is 8.36. The van der Waals surface area contributed by atoms with E-state index in [0.29, 0.717) is 26.1 Å². The van der Waals surface area contributed by atoms with Gasteiger partial charge in [0.15, 0.2) is 0 Å². The summed E-state index contributed by atoms with van der Waals surface area (Å²) in [7, 11) is 0. The van der Waals surface area contributed by atoms with Crippen molar-refractivity contribution < 1.29 is 19.4 Å². The van der Waals surface area contributed by atoms with Crippen molar-refractivity contribution in [1.82, 2.24) is 10.2 Å². The summed E-state index contributed by atoms with van der Waals surface area (Å²) >= 11 is 0. The Hall–Kier alpha value is -2.76. The fraction of sp³-hybridized carbons (Fsp3) is 0.368. The molecule has 0 aromatic heterocycles. The third-order valence-corrected chi connectivity index (χ3v) is 4.66. The summed E-state index contributed by atoms with van der Waals surface area (Å²) in [6, 6.07) is 13.6. The highest BCUT2D eigenvalue weighted by molar-refractivity contribution is 5.88. The third kappa shape index (κ3) is 3.68. The molecule has 1 heterocycles. The molecule has 2 aromatic rings. The van der Waals surface area contributed by atoms with Crippen molar-refractivity contribution in [3.8, 4) is 5.75 Å². The Balaban J connectivity index is 1.49. The van der Waals surface area contributed by atoms with Crippen LogP contribution in [0, 0.1) is 5.41 Å². The van der Waals surface area contributed by atoms with Crippen molar-refractivity contribution in [3.05, 3.63) is 42.5 Å². The van der Waals surface area contributed by atoms with Gasteiger partial charge in [-0.3, -0.25) is 4.79 Å². The van der Waals surface area contributed by atoms with Gasteiger partial charge in [0.05, 0.1) is 12.0 Å². The van der Waals surface area contributed by atoms with E-state index in [0.717, 1.165) is 16.5 Å². The van der Waals surface area contributed by atoms with Gasteiger partial charge in [0.1, 0.15) is 12.4 Å². The van der Waals surface area contributed by atoms with E-state index in [1.165, 1.54) is 0 Å². The van der Waals surface area contributed by atoms with Gasteiger partial charge in [0.25, 0.3) is 0 Å². The molecule has 6 nitrogen and oxygen atoms in total. The predicted molar refractivity (Wildman–Crippen MR) is 94.8 cm³/mol. The van der Waals surface area contributed by atoms with Crippen LogP contribution in [0.15, 0.2) is 42.5 Å². The van der Waals surface area contributed by atoms with Crippen LogP contribution in [0.5, 0.6) is 5.75 Å². The number of fused-ring (bicyclic) bond motifs is 1. The molecule has 1 atom stereocenters. The molecule has 3 rings (SSSR count). The number of hydrogen-bond donors (Lipinski definition) is 2. The standard InChI is InChI=1S/C19H22N2O4/c1-19(17(22)23)9-11-21(13-19)18(24)20-10-12-25-16-8-4-6-14-5-2-3-7-15(14)16/h2-8H,9-13H2,1H3,(H,20,24)(H,22,23). The van der Waals surface area contributed by atoms with Crippen LogP contribution in [-0.4, -0.2) is 48.2 Å².